The van der Waals surface area contributed by atoms with E-state index in [2.05, 4.69) is 10.6 Å². The summed E-state index contributed by atoms with van der Waals surface area (Å²) >= 11 is 2.27. The second kappa shape index (κ2) is 8.00. The minimum Gasteiger partial charge on any atom is -0.379 e. The van der Waals surface area contributed by atoms with Crippen LogP contribution in [-0.2, 0) is 9.59 Å². The van der Waals surface area contributed by atoms with Gasteiger partial charge in [-0.3, -0.25) is 20.4 Å². The lowest BCUT2D eigenvalue weighted by Crippen LogP contribution is -2.61. The highest BCUT2D eigenvalue weighted by molar-refractivity contribution is 8.13. The van der Waals surface area contributed by atoms with Crippen molar-refractivity contribution < 1.29 is 9.59 Å². The number of carbonyl (C=O) groups excluding carboxylic acids is 2. The molecule has 0 aromatic heterocycles. The minimum absolute atomic E-state index is 0.00771. The van der Waals surface area contributed by atoms with Crippen molar-refractivity contribution in [3.8, 4) is 0 Å². The number of nitrogens with one attached hydrogen (secondary N) is 4. The third-order valence-corrected chi connectivity index (χ3v) is 4.10. The van der Waals surface area contributed by atoms with Crippen LogP contribution in [0.2, 0.25) is 0 Å². The minimum atomic E-state index is -0.578. The first kappa shape index (κ1) is 16.6. The van der Waals surface area contributed by atoms with Gasteiger partial charge in [0, 0.05) is 11.5 Å². The van der Waals surface area contributed by atoms with Crippen LogP contribution < -0.4 is 22.1 Å². The molecule has 8 N–H and O–H groups in total. The summed E-state index contributed by atoms with van der Waals surface area (Å²) in [7, 11) is 0. The molecule has 0 aromatic rings. The van der Waals surface area contributed by atoms with Gasteiger partial charge in [0.1, 0.15) is 12.1 Å². The second-order valence-corrected chi connectivity index (χ2v) is 6.40. The average Bonchev–Trinajstić information content (AvgIpc) is 2.33. The summed E-state index contributed by atoms with van der Waals surface area (Å²) in [4.78, 5) is 23.7. The highest BCUT2D eigenvalue weighted by atomic mass is 32.2. The van der Waals surface area contributed by atoms with Crippen LogP contribution in [0.3, 0.4) is 0 Å². The monoisotopic (exact) mass is 318 g/mol. The van der Waals surface area contributed by atoms with Gasteiger partial charge in [-0.2, -0.15) is 0 Å². The molecule has 1 aliphatic heterocycles. The molecule has 1 heterocycles. The Morgan fingerprint density at radius 2 is 1.30 bits per heavy atom. The van der Waals surface area contributed by atoms with Crippen molar-refractivity contribution in [3.63, 3.8) is 0 Å². The Hall–Kier alpha value is -1.42. The molecule has 0 radical (unpaired) electrons. The Bertz CT molecular complexity index is 379. The van der Waals surface area contributed by atoms with Gasteiger partial charge in [-0.1, -0.05) is 23.5 Å². The zero-order valence-corrected chi connectivity index (χ0v) is 12.4. The molecule has 0 saturated carbocycles. The maximum atomic E-state index is 11.8. The standard InChI is InChI=1S/C10H18N6O2S2/c11-9(12)19-3-1-5-7(17)16-6(8(18)15-5)2-4-20-10(13)14/h5-6H,1-4H2,(H3,11,12)(H3,13,14)(H,15,18)(H,16,17)/t5-,6-/m0/s1. The van der Waals surface area contributed by atoms with Gasteiger partial charge in [0.25, 0.3) is 0 Å². The molecule has 1 rings (SSSR count). The quantitative estimate of drug-likeness (QED) is 0.272. The second-order valence-electron chi connectivity index (χ2n) is 4.13. The molecule has 0 bridgehead atoms. The number of piperazine rings is 1. The summed E-state index contributed by atoms with van der Waals surface area (Å²) < 4.78 is 0. The fourth-order valence-electron chi connectivity index (χ4n) is 1.66. The predicted octanol–water partition coefficient (Wildman–Crippen LogP) is -0.997. The normalized spacial score (nSPS) is 22.0. The van der Waals surface area contributed by atoms with E-state index in [1.807, 2.05) is 0 Å². The Morgan fingerprint density at radius 3 is 1.60 bits per heavy atom. The summed E-state index contributed by atoms with van der Waals surface area (Å²) in [5.74, 6) is 0.537. The Kier molecular flexibility index (Phi) is 6.65. The first-order chi connectivity index (χ1) is 9.40. The smallest absolute Gasteiger partial charge is 0.243 e. The van der Waals surface area contributed by atoms with Crippen molar-refractivity contribution in [2.24, 2.45) is 11.5 Å². The number of nitrogens with two attached hydrogens (primary N) is 2. The number of rotatable bonds is 6. The van der Waals surface area contributed by atoms with Crippen molar-refractivity contribution in [1.29, 1.82) is 10.8 Å². The number of carbonyl (C=O) groups is 2. The van der Waals surface area contributed by atoms with Crippen molar-refractivity contribution in [2.75, 3.05) is 11.5 Å². The van der Waals surface area contributed by atoms with Gasteiger partial charge in [-0.05, 0) is 12.8 Å². The van der Waals surface area contributed by atoms with Gasteiger partial charge in [-0.25, -0.2) is 0 Å². The molecule has 20 heavy (non-hydrogen) atoms. The van der Waals surface area contributed by atoms with Gasteiger partial charge >= 0.3 is 0 Å². The average molecular weight is 318 g/mol. The van der Waals surface area contributed by atoms with Gasteiger partial charge < -0.3 is 22.1 Å². The highest BCUT2D eigenvalue weighted by Crippen LogP contribution is 2.11. The molecular weight excluding hydrogens is 300 g/mol. The SMILES string of the molecule is N=C(N)SCC[C@@H]1NC(=O)[C@H](CCSC(=N)N)NC1=O. The van der Waals surface area contributed by atoms with E-state index in [0.29, 0.717) is 24.3 Å². The van der Waals surface area contributed by atoms with Crippen LogP contribution in [0.1, 0.15) is 12.8 Å². The predicted molar refractivity (Wildman–Crippen MR) is 81.8 cm³/mol. The van der Waals surface area contributed by atoms with Crippen LogP contribution in [0.4, 0.5) is 0 Å². The first-order valence-corrected chi connectivity index (χ1v) is 7.91. The highest BCUT2D eigenvalue weighted by Gasteiger charge is 2.32. The van der Waals surface area contributed by atoms with E-state index < -0.39 is 12.1 Å². The van der Waals surface area contributed by atoms with Crippen LogP contribution in [-0.4, -0.2) is 45.7 Å². The van der Waals surface area contributed by atoms with Crippen LogP contribution >= 0.6 is 23.5 Å². The lowest BCUT2D eigenvalue weighted by Gasteiger charge is -2.29. The fraction of sp³-hybridized carbons (Fsp3) is 0.600. The number of amides is 2. The zero-order chi connectivity index (χ0) is 15.1. The molecule has 0 aromatic carbocycles. The maximum absolute atomic E-state index is 11.8. The van der Waals surface area contributed by atoms with Gasteiger partial charge in [0.2, 0.25) is 11.8 Å². The molecule has 1 saturated heterocycles. The van der Waals surface area contributed by atoms with Crippen LogP contribution in [0.25, 0.3) is 0 Å². The van der Waals surface area contributed by atoms with Gasteiger partial charge in [-0.15, -0.1) is 0 Å². The van der Waals surface area contributed by atoms with Crippen molar-refractivity contribution in [3.05, 3.63) is 0 Å². The van der Waals surface area contributed by atoms with Crippen molar-refractivity contribution in [2.45, 2.75) is 24.9 Å². The van der Waals surface area contributed by atoms with E-state index >= 15 is 0 Å². The van der Waals surface area contributed by atoms with E-state index in [1.165, 1.54) is 0 Å². The lowest BCUT2D eigenvalue weighted by atomic mass is 10.1. The van der Waals surface area contributed by atoms with Crippen LogP contribution in [0, 0.1) is 10.8 Å². The third kappa shape index (κ3) is 5.70. The van der Waals surface area contributed by atoms with Crippen molar-refractivity contribution >= 4 is 45.7 Å². The summed E-state index contributed by atoms with van der Waals surface area (Å²) in [6, 6.07) is -1.16. The largest absolute Gasteiger partial charge is 0.379 e. The number of amidine groups is 2. The molecule has 8 nitrogen and oxygen atoms in total. The molecule has 0 aliphatic carbocycles. The third-order valence-electron chi connectivity index (χ3n) is 2.59. The molecule has 112 valence electrons. The fourth-order valence-corrected chi connectivity index (χ4v) is 2.80. The Labute approximate surface area is 125 Å². The summed E-state index contributed by atoms with van der Waals surface area (Å²) in [6.07, 6.45) is 0.855. The molecular formula is C10H18N6O2S2. The zero-order valence-electron chi connectivity index (χ0n) is 10.8. The van der Waals surface area contributed by atoms with Crippen molar-refractivity contribution in [1.82, 2.24) is 10.6 Å². The summed E-state index contributed by atoms with van der Waals surface area (Å²) in [5, 5.41) is 19.4. The number of hydrogen-bond acceptors (Lipinski definition) is 6. The molecule has 0 unspecified atom stereocenters. The van der Waals surface area contributed by atoms with E-state index in [1.54, 1.807) is 0 Å². The van der Waals surface area contributed by atoms with Crippen LogP contribution in [0.5, 0.6) is 0 Å². The molecule has 10 heteroatoms. The Balaban J connectivity index is 2.37. The summed E-state index contributed by atoms with van der Waals surface area (Å²) in [6.45, 7) is 0. The van der Waals surface area contributed by atoms with E-state index in [-0.39, 0.29) is 22.1 Å². The van der Waals surface area contributed by atoms with E-state index in [4.69, 9.17) is 22.3 Å². The molecule has 1 aliphatic rings. The number of hydrogen-bond donors (Lipinski definition) is 6. The molecule has 2 atom stereocenters. The van der Waals surface area contributed by atoms with E-state index in [9.17, 15) is 9.59 Å². The van der Waals surface area contributed by atoms with Gasteiger partial charge in [0.15, 0.2) is 10.3 Å². The summed E-state index contributed by atoms with van der Waals surface area (Å²) in [5.41, 5.74) is 10.4. The lowest BCUT2D eigenvalue weighted by molar-refractivity contribution is -0.136. The first-order valence-electron chi connectivity index (χ1n) is 5.94. The van der Waals surface area contributed by atoms with Crippen LogP contribution in [0.15, 0.2) is 0 Å². The van der Waals surface area contributed by atoms with E-state index in [0.717, 1.165) is 23.5 Å². The Morgan fingerprint density at radius 1 is 0.950 bits per heavy atom. The molecule has 2 amide bonds. The topological polar surface area (TPSA) is 158 Å². The number of thioether (sulfide) groups is 2. The molecule has 1 fully saturated rings. The maximum Gasteiger partial charge on any atom is 0.243 e. The molecule has 0 spiro atoms. The van der Waals surface area contributed by atoms with Gasteiger partial charge in [0.05, 0.1) is 0 Å².